The first-order valence-electron chi connectivity index (χ1n) is 5.54. The third kappa shape index (κ3) is 3.07. The predicted octanol–water partition coefficient (Wildman–Crippen LogP) is 1.44. The summed E-state index contributed by atoms with van der Waals surface area (Å²) in [7, 11) is 0. The van der Waals surface area contributed by atoms with E-state index in [1.54, 1.807) is 12.1 Å². The molecule has 6 heteroatoms. The number of hydrogen-bond donors (Lipinski definition) is 1. The zero-order valence-corrected chi connectivity index (χ0v) is 11.2. The lowest BCUT2D eigenvalue weighted by molar-refractivity contribution is -0.130. The Morgan fingerprint density at radius 1 is 1.39 bits per heavy atom. The Kier molecular flexibility index (Phi) is 3.96. The molecule has 1 heterocycles. The summed E-state index contributed by atoms with van der Waals surface area (Å²) in [4.78, 5) is 24.4. The monoisotopic (exact) mass is 314 g/mol. The van der Waals surface area contributed by atoms with E-state index in [1.807, 2.05) is 0 Å². The number of amides is 2. The van der Waals surface area contributed by atoms with Crippen LogP contribution in [0, 0.1) is 5.82 Å². The first kappa shape index (κ1) is 13.0. The summed E-state index contributed by atoms with van der Waals surface area (Å²) in [5.41, 5.74) is 0.437. The van der Waals surface area contributed by atoms with Crippen molar-refractivity contribution in [3.8, 4) is 0 Å². The summed E-state index contributed by atoms with van der Waals surface area (Å²) < 4.78 is 14.3. The smallest absolute Gasteiger partial charge is 0.242 e. The van der Waals surface area contributed by atoms with Crippen molar-refractivity contribution in [3.63, 3.8) is 0 Å². The average molecular weight is 315 g/mol. The maximum Gasteiger partial charge on any atom is 0.242 e. The van der Waals surface area contributed by atoms with E-state index >= 15 is 0 Å². The Morgan fingerprint density at radius 3 is 2.94 bits per heavy atom. The van der Waals surface area contributed by atoms with Crippen molar-refractivity contribution in [2.24, 2.45) is 0 Å². The van der Waals surface area contributed by atoms with Gasteiger partial charge >= 0.3 is 0 Å². The number of hydrogen-bond acceptors (Lipinski definition) is 2. The van der Waals surface area contributed by atoms with Crippen LogP contribution in [-0.2, 0) is 16.1 Å². The SMILES string of the molecule is O=C1CCN(Cc2cc(Br)ccc2F)C(=O)CN1. The van der Waals surface area contributed by atoms with Gasteiger partial charge in [0.1, 0.15) is 5.82 Å². The van der Waals surface area contributed by atoms with E-state index < -0.39 is 0 Å². The number of carbonyl (C=O) groups excluding carboxylic acids is 2. The van der Waals surface area contributed by atoms with Gasteiger partial charge in [-0.05, 0) is 18.2 Å². The van der Waals surface area contributed by atoms with E-state index in [9.17, 15) is 14.0 Å². The van der Waals surface area contributed by atoms with E-state index in [1.165, 1.54) is 11.0 Å². The van der Waals surface area contributed by atoms with Crippen LogP contribution in [0.3, 0.4) is 0 Å². The van der Waals surface area contributed by atoms with Gasteiger partial charge in [-0.25, -0.2) is 4.39 Å². The summed E-state index contributed by atoms with van der Waals surface area (Å²) in [6, 6.07) is 4.60. The third-order valence-electron chi connectivity index (χ3n) is 2.77. The Labute approximate surface area is 112 Å². The second kappa shape index (κ2) is 5.48. The van der Waals surface area contributed by atoms with E-state index in [0.717, 1.165) is 4.47 Å². The maximum absolute atomic E-state index is 13.6. The lowest BCUT2D eigenvalue weighted by Gasteiger charge is -2.20. The van der Waals surface area contributed by atoms with Crippen molar-refractivity contribution in [2.45, 2.75) is 13.0 Å². The van der Waals surface area contributed by atoms with Crippen molar-refractivity contribution < 1.29 is 14.0 Å². The van der Waals surface area contributed by atoms with Gasteiger partial charge in [0.05, 0.1) is 6.54 Å². The molecule has 0 saturated carbocycles. The normalized spacial score (nSPS) is 16.4. The van der Waals surface area contributed by atoms with Gasteiger partial charge in [0.15, 0.2) is 0 Å². The molecule has 0 aliphatic carbocycles. The molecular weight excluding hydrogens is 303 g/mol. The van der Waals surface area contributed by atoms with Crippen LogP contribution in [0.1, 0.15) is 12.0 Å². The molecule has 0 radical (unpaired) electrons. The minimum Gasteiger partial charge on any atom is -0.347 e. The quantitative estimate of drug-likeness (QED) is 0.898. The number of nitrogens with zero attached hydrogens (tertiary/aromatic N) is 1. The van der Waals surface area contributed by atoms with E-state index in [-0.39, 0.29) is 37.1 Å². The molecule has 1 saturated heterocycles. The summed E-state index contributed by atoms with van der Waals surface area (Å²) >= 11 is 3.26. The Morgan fingerprint density at radius 2 is 2.17 bits per heavy atom. The zero-order valence-electron chi connectivity index (χ0n) is 9.58. The fourth-order valence-corrected chi connectivity index (χ4v) is 2.18. The van der Waals surface area contributed by atoms with E-state index in [4.69, 9.17) is 0 Å². The molecule has 2 rings (SSSR count). The standard InChI is InChI=1S/C12H12BrFN2O2/c13-9-1-2-10(14)8(5-9)7-16-4-3-11(17)15-6-12(16)18/h1-2,5H,3-4,6-7H2,(H,15,17). The van der Waals surface area contributed by atoms with Gasteiger partial charge in [0.2, 0.25) is 11.8 Å². The van der Waals surface area contributed by atoms with Crippen LogP contribution in [0.5, 0.6) is 0 Å². The van der Waals surface area contributed by atoms with Crippen LogP contribution in [0.25, 0.3) is 0 Å². The molecule has 1 N–H and O–H groups in total. The highest BCUT2D eigenvalue weighted by Crippen LogP contribution is 2.17. The van der Waals surface area contributed by atoms with Crippen molar-refractivity contribution >= 4 is 27.7 Å². The Hall–Kier alpha value is -1.43. The zero-order chi connectivity index (χ0) is 13.1. The van der Waals surface area contributed by atoms with Crippen LogP contribution in [0.15, 0.2) is 22.7 Å². The largest absolute Gasteiger partial charge is 0.347 e. The number of benzene rings is 1. The van der Waals surface area contributed by atoms with E-state index in [0.29, 0.717) is 12.1 Å². The first-order valence-corrected chi connectivity index (χ1v) is 6.34. The molecule has 0 bridgehead atoms. The lowest BCUT2D eigenvalue weighted by Crippen LogP contribution is -2.34. The second-order valence-corrected chi connectivity index (χ2v) is 4.99. The van der Waals surface area contributed by atoms with Gasteiger partial charge in [-0.15, -0.1) is 0 Å². The van der Waals surface area contributed by atoms with Gasteiger partial charge in [0.25, 0.3) is 0 Å². The van der Waals surface area contributed by atoms with Crippen LogP contribution in [0.4, 0.5) is 4.39 Å². The van der Waals surface area contributed by atoms with Crippen molar-refractivity contribution in [1.29, 1.82) is 0 Å². The minimum atomic E-state index is -0.352. The number of rotatable bonds is 2. The predicted molar refractivity (Wildman–Crippen MR) is 67.1 cm³/mol. The molecule has 0 spiro atoms. The molecule has 0 unspecified atom stereocenters. The molecule has 18 heavy (non-hydrogen) atoms. The van der Waals surface area contributed by atoms with Crippen molar-refractivity contribution in [2.75, 3.05) is 13.1 Å². The highest BCUT2D eigenvalue weighted by molar-refractivity contribution is 9.10. The van der Waals surface area contributed by atoms with Crippen LogP contribution in [-0.4, -0.2) is 29.8 Å². The Bertz CT molecular complexity index is 493. The fourth-order valence-electron chi connectivity index (χ4n) is 1.77. The molecule has 0 atom stereocenters. The molecule has 1 aromatic rings. The first-order chi connectivity index (χ1) is 8.56. The lowest BCUT2D eigenvalue weighted by atomic mass is 10.2. The van der Waals surface area contributed by atoms with Crippen molar-refractivity contribution in [3.05, 3.63) is 34.1 Å². The van der Waals surface area contributed by atoms with Gasteiger partial charge in [-0.3, -0.25) is 9.59 Å². The van der Waals surface area contributed by atoms with Gasteiger partial charge in [-0.2, -0.15) is 0 Å². The Balaban J connectivity index is 2.14. The number of carbonyl (C=O) groups is 2. The highest BCUT2D eigenvalue weighted by atomic mass is 79.9. The maximum atomic E-state index is 13.6. The van der Waals surface area contributed by atoms with Crippen LogP contribution in [0.2, 0.25) is 0 Å². The molecule has 4 nitrogen and oxygen atoms in total. The molecule has 96 valence electrons. The van der Waals surface area contributed by atoms with Gasteiger partial charge in [0, 0.05) is 29.5 Å². The topological polar surface area (TPSA) is 49.4 Å². The van der Waals surface area contributed by atoms with Crippen LogP contribution < -0.4 is 5.32 Å². The molecule has 2 amide bonds. The van der Waals surface area contributed by atoms with Gasteiger partial charge in [-0.1, -0.05) is 15.9 Å². The van der Waals surface area contributed by atoms with Gasteiger partial charge < -0.3 is 10.2 Å². The molecule has 1 aliphatic heterocycles. The van der Waals surface area contributed by atoms with Crippen molar-refractivity contribution in [1.82, 2.24) is 10.2 Å². The van der Waals surface area contributed by atoms with E-state index in [2.05, 4.69) is 21.2 Å². The molecule has 0 aromatic heterocycles. The molecular formula is C12H12BrFN2O2. The summed E-state index contributed by atoms with van der Waals surface area (Å²) in [5.74, 6) is -0.699. The highest BCUT2D eigenvalue weighted by Gasteiger charge is 2.21. The number of nitrogens with one attached hydrogen (secondary N) is 1. The third-order valence-corrected chi connectivity index (χ3v) is 3.26. The number of halogens is 2. The molecule has 1 fully saturated rings. The van der Waals surface area contributed by atoms with Crippen LogP contribution >= 0.6 is 15.9 Å². The summed E-state index contributed by atoms with van der Waals surface area (Å²) in [6.45, 7) is 0.476. The molecule has 1 aromatic carbocycles. The average Bonchev–Trinajstić information content (AvgIpc) is 2.49. The minimum absolute atomic E-state index is 0.0194. The fraction of sp³-hybridized carbons (Fsp3) is 0.333. The molecule has 1 aliphatic rings. The summed E-state index contributed by atoms with van der Waals surface area (Å²) in [5, 5.41) is 2.50. The second-order valence-electron chi connectivity index (χ2n) is 4.08. The summed E-state index contributed by atoms with van der Waals surface area (Å²) in [6.07, 6.45) is 0.251.